The minimum atomic E-state index is -5.87. The topological polar surface area (TPSA) is 47.6 Å². The fourth-order valence-corrected chi connectivity index (χ4v) is 1.91. The van der Waals surface area contributed by atoms with E-state index >= 15 is 0 Å². The Morgan fingerprint density at radius 1 is 0.783 bits per heavy atom. The smallest absolute Gasteiger partial charge is 0.198 e. The molecule has 124 valence electrons. The van der Waals surface area contributed by atoms with Gasteiger partial charge in [-0.2, -0.15) is 50.0 Å². The van der Waals surface area contributed by atoms with E-state index < -0.39 is 52.8 Å². The lowest BCUT2D eigenvalue weighted by molar-refractivity contribution is -0.164. The van der Waals surface area contributed by atoms with Crippen molar-refractivity contribution in [1.29, 1.82) is 10.5 Å². The predicted molar refractivity (Wildman–Crippen MR) is 55.5 cm³/mol. The molecular formula is C12H3F9N2. The molecule has 1 rings (SSSR count). The summed E-state index contributed by atoms with van der Waals surface area (Å²) >= 11 is 0. The number of nitrogens with zero attached hydrogens (tertiary/aromatic N) is 2. The van der Waals surface area contributed by atoms with Gasteiger partial charge in [0.25, 0.3) is 0 Å². The van der Waals surface area contributed by atoms with Crippen LogP contribution in [0.5, 0.6) is 0 Å². The largest absolute Gasteiger partial charge is 0.418 e. The second-order valence-corrected chi connectivity index (χ2v) is 4.15. The van der Waals surface area contributed by atoms with Crippen LogP contribution in [0.25, 0.3) is 0 Å². The van der Waals surface area contributed by atoms with Crippen molar-refractivity contribution in [1.82, 2.24) is 0 Å². The van der Waals surface area contributed by atoms with Gasteiger partial charge in [-0.1, -0.05) is 0 Å². The quantitative estimate of drug-likeness (QED) is 0.693. The van der Waals surface area contributed by atoms with Gasteiger partial charge in [-0.3, -0.25) is 0 Å². The van der Waals surface area contributed by atoms with E-state index in [-0.39, 0.29) is 6.07 Å². The summed E-state index contributed by atoms with van der Waals surface area (Å²) in [5, 5.41) is 16.9. The summed E-state index contributed by atoms with van der Waals surface area (Å²) in [5.74, 6) is 0. The number of halogens is 9. The molecule has 0 saturated heterocycles. The number of rotatable bonds is 1. The molecule has 0 fully saturated rings. The third-order valence-electron chi connectivity index (χ3n) is 2.66. The van der Waals surface area contributed by atoms with Gasteiger partial charge < -0.3 is 0 Å². The van der Waals surface area contributed by atoms with Crippen LogP contribution in [0.1, 0.15) is 27.8 Å². The van der Waals surface area contributed by atoms with Crippen molar-refractivity contribution in [3.63, 3.8) is 0 Å². The highest BCUT2D eigenvalue weighted by Gasteiger charge is 2.50. The number of nitriles is 2. The van der Waals surface area contributed by atoms with Gasteiger partial charge in [-0.05, 0) is 11.6 Å². The normalized spacial score (nSPS) is 12.7. The Balaban J connectivity index is 4.13. The maximum absolute atomic E-state index is 12.9. The molecule has 1 aromatic rings. The average molecular weight is 346 g/mol. The van der Waals surface area contributed by atoms with Crippen molar-refractivity contribution in [3.8, 4) is 12.1 Å². The molecule has 0 heterocycles. The van der Waals surface area contributed by atoms with E-state index in [9.17, 15) is 39.5 Å². The van der Waals surface area contributed by atoms with Crippen molar-refractivity contribution in [3.05, 3.63) is 33.9 Å². The first kappa shape index (κ1) is 18.6. The molecule has 0 bridgehead atoms. The zero-order chi connectivity index (χ0) is 18.2. The minimum absolute atomic E-state index is 0.250. The third kappa shape index (κ3) is 3.67. The van der Waals surface area contributed by atoms with Gasteiger partial charge >= 0.3 is 18.5 Å². The third-order valence-corrected chi connectivity index (χ3v) is 2.66. The molecule has 11 heteroatoms. The lowest BCUT2D eigenvalue weighted by Crippen LogP contribution is -2.24. The summed E-state index contributed by atoms with van der Waals surface area (Å²) in [7, 11) is 0. The van der Waals surface area contributed by atoms with E-state index in [1.165, 1.54) is 0 Å². The fourth-order valence-electron chi connectivity index (χ4n) is 1.91. The molecular weight excluding hydrogens is 343 g/mol. The molecule has 0 atom stereocenters. The van der Waals surface area contributed by atoms with Crippen molar-refractivity contribution >= 4 is 0 Å². The molecule has 0 saturated carbocycles. The Kier molecular flexibility index (Phi) is 4.57. The van der Waals surface area contributed by atoms with E-state index in [4.69, 9.17) is 10.5 Å². The van der Waals surface area contributed by atoms with Crippen LogP contribution in [-0.4, -0.2) is 0 Å². The second-order valence-electron chi connectivity index (χ2n) is 4.15. The van der Waals surface area contributed by atoms with Gasteiger partial charge in [-0.25, -0.2) is 0 Å². The van der Waals surface area contributed by atoms with Crippen LogP contribution < -0.4 is 0 Å². The van der Waals surface area contributed by atoms with E-state index in [2.05, 4.69) is 0 Å². The van der Waals surface area contributed by atoms with E-state index in [0.717, 1.165) is 6.07 Å². The van der Waals surface area contributed by atoms with Crippen molar-refractivity contribution < 1.29 is 39.5 Å². The summed E-state index contributed by atoms with van der Waals surface area (Å²) in [4.78, 5) is 0. The minimum Gasteiger partial charge on any atom is -0.198 e. The fraction of sp³-hybridized carbons (Fsp3) is 0.333. The van der Waals surface area contributed by atoms with Crippen molar-refractivity contribution in [2.45, 2.75) is 24.9 Å². The van der Waals surface area contributed by atoms with Gasteiger partial charge in [-0.15, -0.1) is 0 Å². The maximum atomic E-state index is 12.9. The van der Waals surface area contributed by atoms with Gasteiger partial charge in [0.2, 0.25) is 0 Å². The summed E-state index contributed by atoms with van der Waals surface area (Å²) in [5.41, 5.74) is -11.1. The van der Waals surface area contributed by atoms with Gasteiger partial charge in [0.05, 0.1) is 34.7 Å². The summed E-state index contributed by atoms with van der Waals surface area (Å²) in [6, 6.07) is 1.36. The van der Waals surface area contributed by atoms with Crippen LogP contribution in [-0.2, 0) is 24.9 Å². The van der Waals surface area contributed by atoms with E-state index in [1.54, 1.807) is 0 Å². The number of hydrogen-bond acceptors (Lipinski definition) is 2. The van der Waals surface area contributed by atoms with E-state index in [0.29, 0.717) is 6.07 Å². The predicted octanol–water partition coefficient (Wildman–Crippen LogP) is 4.68. The first-order valence-corrected chi connectivity index (χ1v) is 5.43. The highest BCUT2D eigenvalue weighted by molar-refractivity contribution is 5.56. The second kappa shape index (κ2) is 5.65. The molecule has 0 spiro atoms. The molecule has 0 unspecified atom stereocenters. The Morgan fingerprint density at radius 3 is 1.57 bits per heavy atom. The summed E-state index contributed by atoms with van der Waals surface area (Å²) in [6.07, 6.45) is -18.4. The first-order chi connectivity index (χ1) is 10.2. The van der Waals surface area contributed by atoms with Crippen LogP contribution in [0.3, 0.4) is 0 Å². The molecule has 0 aromatic heterocycles. The molecule has 0 radical (unpaired) electrons. The van der Waals surface area contributed by atoms with Crippen molar-refractivity contribution in [2.75, 3.05) is 0 Å². The maximum Gasteiger partial charge on any atom is 0.418 e. The zero-order valence-corrected chi connectivity index (χ0v) is 10.6. The first-order valence-electron chi connectivity index (χ1n) is 5.43. The van der Waals surface area contributed by atoms with Crippen LogP contribution in [0.2, 0.25) is 0 Å². The lowest BCUT2D eigenvalue weighted by Gasteiger charge is -2.22. The van der Waals surface area contributed by atoms with Crippen LogP contribution in [0.4, 0.5) is 39.5 Å². The average Bonchev–Trinajstić information content (AvgIpc) is 2.34. The standard InChI is InChI=1S/C12H3F9N2/c13-10(14,15)7-3-5(1-2-22)8(11(16,17)18)9(6(7)4-23)12(19,20)21/h3H,1H2. The molecule has 0 amide bonds. The monoisotopic (exact) mass is 346 g/mol. The Bertz CT molecular complexity index is 696. The van der Waals surface area contributed by atoms with Gasteiger partial charge in [0, 0.05) is 0 Å². The highest BCUT2D eigenvalue weighted by Crippen LogP contribution is 2.47. The summed E-state index contributed by atoms with van der Waals surface area (Å²) in [6.45, 7) is 0. The lowest BCUT2D eigenvalue weighted by atomic mass is 9.89. The van der Waals surface area contributed by atoms with Gasteiger partial charge in [0.1, 0.15) is 6.07 Å². The molecule has 23 heavy (non-hydrogen) atoms. The number of alkyl halides is 9. The summed E-state index contributed by atoms with van der Waals surface area (Å²) < 4.78 is 116. The van der Waals surface area contributed by atoms with Crippen LogP contribution in [0.15, 0.2) is 6.07 Å². The Hall–Kier alpha value is -2.43. The SMILES string of the molecule is N#CCc1cc(C(F)(F)F)c(C#N)c(C(F)(F)F)c1C(F)(F)F. The van der Waals surface area contributed by atoms with Gasteiger partial charge in [0.15, 0.2) is 0 Å². The van der Waals surface area contributed by atoms with Crippen LogP contribution >= 0.6 is 0 Å². The van der Waals surface area contributed by atoms with Crippen molar-refractivity contribution in [2.24, 2.45) is 0 Å². The molecule has 0 aliphatic heterocycles. The zero-order valence-electron chi connectivity index (χ0n) is 10.6. The van der Waals surface area contributed by atoms with Crippen LogP contribution in [0, 0.1) is 22.7 Å². The number of benzene rings is 1. The molecule has 0 N–H and O–H groups in total. The molecule has 2 nitrogen and oxygen atoms in total. The Morgan fingerprint density at radius 2 is 1.26 bits per heavy atom. The number of hydrogen-bond donors (Lipinski definition) is 0. The van der Waals surface area contributed by atoms with E-state index in [1.807, 2.05) is 0 Å². The highest BCUT2D eigenvalue weighted by atomic mass is 19.4. The molecule has 1 aromatic carbocycles. The molecule has 0 aliphatic rings. The molecule has 0 aliphatic carbocycles. The Labute approximate surface area is 122 Å².